The van der Waals surface area contributed by atoms with Gasteiger partial charge in [0.15, 0.2) is 0 Å². The lowest BCUT2D eigenvalue weighted by Gasteiger charge is -2.17. The average molecular weight is 367 g/mol. The van der Waals surface area contributed by atoms with Crippen LogP contribution in [0.1, 0.15) is 34.5 Å². The van der Waals surface area contributed by atoms with Crippen molar-refractivity contribution in [3.63, 3.8) is 0 Å². The Morgan fingerprint density at radius 3 is 2.44 bits per heavy atom. The molecule has 0 radical (unpaired) electrons. The Labute approximate surface area is 156 Å². The third kappa shape index (κ3) is 4.15. The standard InChI is InChI=1S/C20H21N3O4/c1-2-21-18(25)12-7-9-14(10-8-12)22-19(26)20(27)23-17-15-6-4-3-5-13(15)11-16(17)24/h3-10,16-17,24H,2,11H2,1H3,(H,21,25)(H,22,26)(H,23,27)/t16-,17-/m0/s1. The van der Waals surface area contributed by atoms with Crippen LogP contribution in [-0.2, 0) is 16.0 Å². The first kappa shape index (κ1) is 18.6. The second kappa shape index (κ2) is 8.01. The van der Waals surface area contributed by atoms with E-state index in [-0.39, 0.29) is 5.91 Å². The Hall–Kier alpha value is -3.19. The van der Waals surface area contributed by atoms with E-state index in [4.69, 9.17) is 0 Å². The number of anilines is 1. The number of hydrogen-bond donors (Lipinski definition) is 4. The number of benzene rings is 2. The van der Waals surface area contributed by atoms with Crippen LogP contribution in [0.25, 0.3) is 0 Å². The molecule has 2 aromatic carbocycles. The summed E-state index contributed by atoms with van der Waals surface area (Å²) >= 11 is 0. The Bertz CT molecular complexity index is 864. The molecule has 0 aliphatic heterocycles. The molecule has 1 aliphatic carbocycles. The molecule has 0 heterocycles. The van der Waals surface area contributed by atoms with Crippen molar-refractivity contribution >= 4 is 23.4 Å². The van der Waals surface area contributed by atoms with Gasteiger partial charge < -0.3 is 21.1 Å². The summed E-state index contributed by atoms with van der Waals surface area (Å²) in [7, 11) is 0. The number of carbonyl (C=O) groups excluding carboxylic acids is 3. The number of amides is 3. The predicted molar refractivity (Wildman–Crippen MR) is 100 cm³/mol. The lowest BCUT2D eigenvalue weighted by molar-refractivity contribution is -0.137. The molecular weight excluding hydrogens is 346 g/mol. The van der Waals surface area contributed by atoms with E-state index in [1.807, 2.05) is 31.2 Å². The Morgan fingerprint density at radius 1 is 1.04 bits per heavy atom. The Kier molecular flexibility index (Phi) is 5.52. The van der Waals surface area contributed by atoms with E-state index in [1.165, 1.54) is 0 Å². The zero-order chi connectivity index (χ0) is 19.4. The third-order valence-electron chi connectivity index (χ3n) is 4.44. The van der Waals surface area contributed by atoms with Crippen LogP contribution >= 0.6 is 0 Å². The number of nitrogens with one attached hydrogen (secondary N) is 3. The smallest absolute Gasteiger partial charge is 0.313 e. The summed E-state index contributed by atoms with van der Waals surface area (Å²) in [5.74, 6) is -1.87. The maximum Gasteiger partial charge on any atom is 0.313 e. The van der Waals surface area contributed by atoms with Crippen molar-refractivity contribution in [2.75, 3.05) is 11.9 Å². The second-order valence-electron chi connectivity index (χ2n) is 6.31. The van der Waals surface area contributed by atoms with E-state index in [2.05, 4.69) is 16.0 Å². The van der Waals surface area contributed by atoms with Gasteiger partial charge in [-0.25, -0.2) is 0 Å². The first-order chi connectivity index (χ1) is 13.0. The molecule has 0 saturated heterocycles. The van der Waals surface area contributed by atoms with Gasteiger partial charge in [0.1, 0.15) is 0 Å². The van der Waals surface area contributed by atoms with Crippen molar-refractivity contribution in [1.29, 1.82) is 0 Å². The molecule has 4 N–H and O–H groups in total. The molecule has 1 aliphatic rings. The fraction of sp³-hybridized carbons (Fsp3) is 0.250. The Balaban J connectivity index is 1.61. The van der Waals surface area contributed by atoms with Crippen LogP contribution in [-0.4, -0.2) is 35.5 Å². The number of hydrogen-bond acceptors (Lipinski definition) is 4. The van der Waals surface area contributed by atoms with Gasteiger partial charge in [0.2, 0.25) is 0 Å². The van der Waals surface area contributed by atoms with Gasteiger partial charge in [0, 0.05) is 24.2 Å². The zero-order valence-electron chi connectivity index (χ0n) is 14.9. The first-order valence-electron chi connectivity index (χ1n) is 8.75. The summed E-state index contributed by atoms with van der Waals surface area (Å²) in [6.07, 6.45) is -0.333. The van der Waals surface area contributed by atoms with Crippen LogP contribution in [0.5, 0.6) is 0 Å². The Morgan fingerprint density at radius 2 is 1.74 bits per heavy atom. The van der Waals surface area contributed by atoms with Crippen molar-refractivity contribution in [2.24, 2.45) is 0 Å². The van der Waals surface area contributed by atoms with Crippen molar-refractivity contribution in [1.82, 2.24) is 10.6 Å². The highest BCUT2D eigenvalue weighted by molar-refractivity contribution is 6.39. The molecule has 0 bridgehead atoms. The fourth-order valence-corrected chi connectivity index (χ4v) is 3.11. The summed E-state index contributed by atoms with van der Waals surface area (Å²) < 4.78 is 0. The number of fused-ring (bicyclic) bond motifs is 1. The van der Waals surface area contributed by atoms with E-state index in [1.54, 1.807) is 24.3 Å². The van der Waals surface area contributed by atoms with E-state index < -0.39 is 24.0 Å². The van der Waals surface area contributed by atoms with Crippen molar-refractivity contribution in [2.45, 2.75) is 25.5 Å². The molecule has 27 heavy (non-hydrogen) atoms. The zero-order valence-corrected chi connectivity index (χ0v) is 14.9. The van der Waals surface area contributed by atoms with Gasteiger partial charge in [-0.3, -0.25) is 14.4 Å². The average Bonchev–Trinajstić information content (AvgIpc) is 2.98. The van der Waals surface area contributed by atoms with Crippen molar-refractivity contribution in [3.05, 3.63) is 65.2 Å². The van der Waals surface area contributed by atoms with E-state index >= 15 is 0 Å². The van der Waals surface area contributed by atoms with E-state index in [9.17, 15) is 19.5 Å². The highest BCUT2D eigenvalue weighted by Crippen LogP contribution is 2.31. The molecule has 0 aromatic heterocycles. The van der Waals surface area contributed by atoms with Gasteiger partial charge in [-0.05, 0) is 42.3 Å². The van der Waals surface area contributed by atoms with Crippen molar-refractivity contribution < 1.29 is 19.5 Å². The summed E-state index contributed by atoms with van der Waals surface area (Å²) in [5.41, 5.74) is 2.63. The maximum atomic E-state index is 12.2. The lowest BCUT2D eigenvalue weighted by Crippen LogP contribution is -2.40. The molecule has 0 fully saturated rings. The fourth-order valence-electron chi connectivity index (χ4n) is 3.11. The van der Waals surface area contributed by atoms with Crippen LogP contribution in [0.2, 0.25) is 0 Å². The number of aliphatic hydroxyl groups excluding tert-OH is 1. The summed E-state index contributed by atoms with van der Waals surface area (Å²) in [4.78, 5) is 36.1. The number of carbonyl (C=O) groups is 3. The predicted octanol–water partition coefficient (Wildman–Crippen LogP) is 1.15. The maximum absolute atomic E-state index is 12.2. The van der Waals surface area contributed by atoms with Gasteiger partial charge >= 0.3 is 11.8 Å². The minimum atomic E-state index is -0.836. The SMILES string of the molecule is CCNC(=O)c1ccc(NC(=O)C(=O)N[C@H]2c3ccccc3C[C@@H]2O)cc1. The van der Waals surface area contributed by atoms with E-state index in [0.717, 1.165) is 11.1 Å². The molecule has 2 atom stereocenters. The van der Waals surface area contributed by atoms with Gasteiger partial charge in [-0.15, -0.1) is 0 Å². The highest BCUT2D eigenvalue weighted by atomic mass is 16.3. The largest absolute Gasteiger partial charge is 0.390 e. The summed E-state index contributed by atoms with van der Waals surface area (Å²) in [6.45, 7) is 2.35. The van der Waals surface area contributed by atoms with Crippen LogP contribution in [0.3, 0.4) is 0 Å². The van der Waals surface area contributed by atoms with E-state index in [0.29, 0.717) is 24.2 Å². The van der Waals surface area contributed by atoms with Crippen molar-refractivity contribution in [3.8, 4) is 0 Å². The molecule has 0 saturated carbocycles. The molecular formula is C20H21N3O4. The normalized spacial score (nSPS) is 17.7. The molecule has 0 spiro atoms. The van der Waals surface area contributed by atoms with Gasteiger partial charge in [-0.1, -0.05) is 24.3 Å². The molecule has 3 rings (SSSR count). The lowest BCUT2D eigenvalue weighted by atomic mass is 10.1. The monoisotopic (exact) mass is 367 g/mol. The second-order valence-corrected chi connectivity index (χ2v) is 6.31. The van der Waals surface area contributed by atoms with Crippen LogP contribution < -0.4 is 16.0 Å². The summed E-state index contributed by atoms with van der Waals surface area (Å²) in [6, 6.07) is 13.0. The first-order valence-corrected chi connectivity index (χ1v) is 8.75. The van der Waals surface area contributed by atoms with Gasteiger partial charge in [0.05, 0.1) is 12.1 Å². The highest BCUT2D eigenvalue weighted by Gasteiger charge is 2.33. The number of aliphatic hydroxyl groups is 1. The molecule has 2 aromatic rings. The van der Waals surface area contributed by atoms with Crippen LogP contribution in [0.4, 0.5) is 5.69 Å². The molecule has 7 heteroatoms. The van der Waals surface area contributed by atoms with Crippen LogP contribution in [0, 0.1) is 0 Å². The van der Waals surface area contributed by atoms with Crippen LogP contribution in [0.15, 0.2) is 48.5 Å². The molecule has 140 valence electrons. The topological polar surface area (TPSA) is 108 Å². The van der Waals surface area contributed by atoms with Gasteiger partial charge in [0.25, 0.3) is 5.91 Å². The quantitative estimate of drug-likeness (QED) is 0.608. The molecule has 0 unspecified atom stereocenters. The minimum absolute atomic E-state index is 0.206. The minimum Gasteiger partial charge on any atom is -0.390 e. The molecule has 3 amide bonds. The summed E-state index contributed by atoms with van der Waals surface area (Å²) in [5, 5.41) is 17.9. The molecule has 7 nitrogen and oxygen atoms in total. The van der Waals surface area contributed by atoms with Gasteiger partial charge in [-0.2, -0.15) is 0 Å². The third-order valence-corrected chi connectivity index (χ3v) is 4.44. The number of rotatable bonds is 4.